The van der Waals surface area contributed by atoms with Gasteiger partial charge in [-0.2, -0.15) is 0 Å². The van der Waals surface area contributed by atoms with E-state index >= 15 is 0 Å². The zero-order chi connectivity index (χ0) is 26.1. The molecule has 2 nitrogen and oxygen atoms in total. The van der Waals surface area contributed by atoms with Crippen molar-refractivity contribution in [3.8, 4) is 0 Å². The van der Waals surface area contributed by atoms with E-state index in [0.717, 1.165) is 11.1 Å². The van der Waals surface area contributed by atoms with Crippen LogP contribution in [0.25, 0.3) is 0 Å². The number of benzene rings is 3. The highest BCUT2D eigenvalue weighted by atomic mass is 28.4. The van der Waals surface area contributed by atoms with Crippen molar-refractivity contribution in [2.45, 2.75) is 78.2 Å². The highest BCUT2D eigenvalue weighted by Gasteiger charge is 2.50. The molecule has 0 N–H and O–H groups in total. The van der Waals surface area contributed by atoms with Gasteiger partial charge in [-0.1, -0.05) is 122 Å². The zero-order valence-corrected chi connectivity index (χ0v) is 24.0. The molecule has 3 aromatic rings. The van der Waals surface area contributed by atoms with E-state index in [4.69, 9.17) is 4.43 Å². The molecular weight excluding hydrogens is 444 g/mol. The second kappa shape index (κ2) is 9.87. The van der Waals surface area contributed by atoms with E-state index in [1.54, 1.807) is 6.92 Å². The van der Waals surface area contributed by atoms with Gasteiger partial charge in [-0.15, -0.1) is 0 Å². The molecule has 0 amide bonds. The molecule has 35 heavy (non-hydrogen) atoms. The smallest absolute Gasteiger partial charge is 0.261 e. The van der Waals surface area contributed by atoms with Crippen LogP contribution in [-0.4, -0.2) is 20.7 Å². The summed E-state index contributed by atoms with van der Waals surface area (Å²) in [6.07, 6.45) is 0. The molecule has 0 saturated heterocycles. The summed E-state index contributed by atoms with van der Waals surface area (Å²) in [6, 6.07) is 27.9. The quantitative estimate of drug-likeness (QED) is 0.264. The Hall–Kier alpha value is -2.49. The van der Waals surface area contributed by atoms with Crippen molar-refractivity contribution >= 4 is 24.5 Å². The van der Waals surface area contributed by atoms with Gasteiger partial charge in [0.15, 0.2) is 5.78 Å². The van der Waals surface area contributed by atoms with Crippen molar-refractivity contribution in [2.24, 2.45) is 0 Å². The monoisotopic (exact) mass is 486 g/mol. The van der Waals surface area contributed by atoms with E-state index in [0.29, 0.717) is 6.61 Å². The lowest BCUT2D eigenvalue weighted by Gasteiger charge is -2.45. The number of ketones is 1. The molecular formula is C32H42O2Si. The van der Waals surface area contributed by atoms with E-state index in [-0.39, 0.29) is 21.7 Å². The molecule has 0 aliphatic heterocycles. The number of carbonyl (C=O) groups is 1. The van der Waals surface area contributed by atoms with Gasteiger partial charge in [0.2, 0.25) is 0 Å². The lowest BCUT2D eigenvalue weighted by atomic mass is 9.78. The Morgan fingerprint density at radius 3 is 1.57 bits per heavy atom. The molecule has 0 bridgehead atoms. The number of rotatable bonds is 7. The maximum absolute atomic E-state index is 12.4. The fraction of sp³-hybridized carbons (Fsp3) is 0.406. The summed E-state index contributed by atoms with van der Waals surface area (Å²) >= 11 is 0. The second-order valence-corrected chi connectivity index (χ2v) is 16.7. The van der Waals surface area contributed by atoms with Crippen LogP contribution >= 0.6 is 0 Å². The number of Topliss-reactive ketones (excluding diaryl/α,β-unsaturated/α-hetero) is 1. The molecule has 3 rings (SSSR count). The van der Waals surface area contributed by atoms with Gasteiger partial charge < -0.3 is 4.43 Å². The number of hydrogen-bond acceptors (Lipinski definition) is 2. The van der Waals surface area contributed by atoms with E-state index < -0.39 is 8.32 Å². The Morgan fingerprint density at radius 2 is 1.17 bits per heavy atom. The second-order valence-electron chi connectivity index (χ2n) is 12.4. The first kappa shape index (κ1) is 27.1. The summed E-state index contributed by atoms with van der Waals surface area (Å²) in [5.74, 6) is 0.0982. The van der Waals surface area contributed by atoms with Crippen molar-refractivity contribution in [2.75, 3.05) is 6.61 Å². The van der Waals surface area contributed by atoms with Gasteiger partial charge in [-0.05, 0) is 51.0 Å². The molecule has 0 atom stereocenters. The maximum Gasteiger partial charge on any atom is 0.261 e. The summed E-state index contributed by atoms with van der Waals surface area (Å²) in [7, 11) is -2.64. The van der Waals surface area contributed by atoms with E-state index in [1.807, 2.05) is 6.07 Å². The topological polar surface area (TPSA) is 26.3 Å². The van der Waals surface area contributed by atoms with Gasteiger partial charge >= 0.3 is 0 Å². The molecule has 0 heterocycles. The lowest BCUT2D eigenvalue weighted by Crippen LogP contribution is -2.67. The molecule has 0 aromatic heterocycles. The summed E-state index contributed by atoms with van der Waals surface area (Å²) in [4.78, 5) is 12.4. The van der Waals surface area contributed by atoms with Crippen LogP contribution in [0.5, 0.6) is 0 Å². The minimum absolute atomic E-state index is 0.0465. The average Bonchev–Trinajstić information content (AvgIpc) is 2.79. The van der Waals surface area contributed by atoms with Gasteiger partial charge in [0.25, 0.3) is 8.32 Å². The highest BCUT2D eigenvalue weighted by molar-refractivity contribution is 6.99. The van der Waals surface area contributed by atoms with Crippen LogP contribution in [0.3, 0.4) is 0 Å². The first-order valence-electron chi connectivity index (χ1n) is 12.6. The van der Waals surface area contributed by atoms with Crippen LogP contribution in [0, 0.1) is 0 Å². The number of hydrogen-bond donors (Lipinski definition) is 0. The van der Waals surface area contributed by atoms with Gasteiger partial charge in [0.1, 0.15) is 0 Å². The molecule has 0 aliphatic rings. The van der Waals surface area contributed by atoms with E-state index in [2.05, 4.69) is 128 Å². The predicted octanol–water partition coefficient (Wildman–Crippen LogP) is 7.04. The minimum Gasteiger partial charge on any atom is -0.407 e. The molecule has 0 unspecified atom stereocenters. The Balaban J connectivity index is 2.13. The van der Waals surface area contributed by atoms with E-state index in [1.165, 1.54) is 15.9 Å². The summed E-state index contributed by atoms with van der Waals surface area (Å²) in [6.45, 7) is 20.2. The normalized spacial score (nSPS) is 13.1. The Bertz CT molecular complexity index is 1110. The molecule has 0 spiro atoms. The molecule has 186 valence electrons. The third kappa shape index (κ3) is 5.68. The van der Waals surface area contributed by atoms with Gasteiger partial charge in [0.05, 0.1) is 0 Å². The Labute approximate surface area is 213 Å². The first-order valence-corrected chi connectivity index (χ1v) is 14.5. The standard InChI is InChI=1S/C32H42O2Si/c1-24(33)25-20-26(30(2,3)4)22-27(21-25)32(8,9)23-34-35(31(5,6)7,28-16-12-10-13-17-28)29-18-14-11-15-19-29/h10-22H,23H2,1-9H3. The highest BCUT2D eigenvalue weighted by Crippen LogP contribution is 2.39. The van der Waals surface area contributed by atoms with Crippen LogP contribution in [-0.2, 0) is 15.3 Å². The molecule has 0 aliphatic carbocycles. The zero-order valence-electron chi connectivity index (χ0n) is 23.0. The molecule has 3 heteroatoms. The fourth-order valence-electron chi connectivity index (χ4n) is 4.79. The van der Waals surface area contributed by atoms with Crippen LogP contribution in [0.1, 0.15) is 83.8 Å². The predicted molar refractivity (Wildman–Crippen MR) is 152 cm³/mol. The first-order chi connectivity index (χ1) is 16.2. The van der Waals surface area contributed by atoms with Crippen molar-refractivity contribution in [3.05, 3.63) is 95.6 Å². The molecule has 0 saturated carbocycles. The largest absolute Gasteiger partial charge is 0.407 e. The van der Waals surface area contributed by atoms with Crippen molar-refractivity contribution in [3.63, 3.8) is 0 Å². The summed E-state index contributed by atoms with van der Waals surface area (Å²) in [5.41, 5.74) is 2.77. The van der Waals surface area contributed by atoms with Crippen molar-refractivity contribution in [1.29, 1.82) is 0 Å². The van der Waals surface area contributed by atoms with Gasteiger partial charge in [0, 0.05) is 17.6 Å². The van der Waals surface area contributed by atoms with Crippen LogP contribution in [0.15, 0.2) is 78.9 Å². The average molecular weight is 487 g/mol. The van der Waals surface area contributed by atoms with Crippen LogP contribution in [0.2, 0.25) is 5.04 Å². The third-order valence-corrected chi connectivity index (χ3v) is 12.0. The maximum atomic E-state index is 12.4. The fourth-order valence-corrected chi connectivity index (χ4v) is 9.52. The summed E-state index contributed by atoms with van der Waals surface area (Å²) < 4.78 is 7.27. The van der Waals surface area contributed by atoms with Crippen molar-refractivity contribution < 1.29 is 9.22 Å². The lowest BCUT2D eigenvalue weighted by molar-refractivity contribution is 0.101. The SMILES string of the molecule is CC(=O)c1cc(C(C)(C)C)cc(C(C)(C)CO[Si](c2ccccc2)(c2ccccc2)C(C)(C)C)c1. The van der Waals surface area contributed by atoms with Crippen molar-refractivity contribution in [1.82, 2.24) is 0 Å². The van der Waals surface area contributed by atoms with E-state index in [9.17, 15) is 4.79 Å². The van der Waals surface area contributed by atoms with Gasteiger partial charge in [-0.3, -0.25) is 4.79 Å². The number of carbonyl (C=O) groups excluding carboxylic acids is 1. The van der Waals surface area contributed by atoms with Crippen LogP contribution < -0.4 is 10.4 Å². The Morgan fingerprint density at radius 1 is 0.714 bits per heavy atom. The summed E-state index contributed by atoms with van der Waals surface area (Å²) in [5, 5.41) is 2.48. The Kier molecular flexibility index (Phi) is 7.64. The van der Waals surface area contributed by atoms with Gasteiger partial charge in [-0.25, -0.2) is 0 Å². The van der Waals surface area contributed by atoms with Crippen LogP contribution in [0.4, 0.5) is 0 Å². The molecule has 0 radical (unpaired) electrons. The molecule has 3 aromatic carbocycles. The third-order valence-electron chi connectivity index (χ3n) is 7.05. The molecule has 0 fully saturated rings. The minimum atomic E-state index is -2.64.